The molecule has 1 unspecified atom stereocenters. The van der Waals surface area contributed by atoms with Gasteiger partial charge in [-0.1, -0.05) is 13.8 Å². The molecule has 7 heteroatoms. The molecule has 0 aromatic heterocycles. The quantitative estimate of drug-likeness (QED) is 0.586. The SMILES string of the molecule is CCC1(CC)NC(=O)N(CC(=O)NCCC2CCNC2)C1=O. The highest BCUT2D eigenvalue weighted by atomic mass is 16.2. The molecule has 0 aromatic carbocycles. The molecule has 0 bridgehead atoms. The Hall–Kier alpha value is -1.63. The van der Waals surface area contributed by atoms with Crippen molar-refractivity contribution < 1.29 is 14.4 Å². The maximum absolute atomic E-state index is 12.4. The van der Waals surface area contributed by atoms with Crippen molar-refractivity contribution in [1.29, 1.82) is 0 Å². The highest BCUT2D eigenvalue weighted by molar-refractivity contribution is 6.08. The van der Waals surface area contributed by atoms with Crippen LogP contribution in [0.15, 0.2) is 0 Å². The van der Waals surface area contributed by atoms with Gasteiger partial charge in [0.25, 0.3) is 5.91 Å². The van der Waals surface area contributed by atoms with E-state index in [1.807, 2.05) is 13.8 Å². The Labute approximate surface area is 131 Å². The van der Waals surface area contributed by atoms with Crippen molar-refractivity contribution in [1.82, 2.24) is 20.9 Å². The minimum absolute atomic E-state index is 0.199. The number of urea groups is 1. The average molecular weight is 310 g/mol. The van der Waals surface area contributed by atoms with Crippen LogP contribution in [0, 0.1) is 5.92 Å². The van der Waals surface area contributed by atoms with Crippen molar-refractivity contribution in [2.24, 2.45) is 5.92 Å². The van der Waals surface area contributed by atoms with Crippen LogP contribution < -0.4 is 16.0 Å². The summed E-state index contributed by atoms with van der Waals surface area (Å²) in [6.45, 7) is 6.15. The van der Waals surface area contributed by atoms with Gasteiger partial charge in [0.1, 0.15) is 12.1 Å². The van der Waals surface area contributed by atoms with Gasteiger partial charge in [-0.25, -0.2) is 4.79 Å². The van der Waals surface area contributed by atoms with Crippen molar-refractivity contribution >= 4 is 17.8 Å². The van der Waals surface area contributed by atoms with Gasteiger partial charge in [0.2, 0.25) is 5.91 Å². The fourth-order valence-corrected chi connectivity index (χ4v) is 3.13. The van der Waals surface area contributed by atoms with Crippen LogP contribution in [-0.4, -0.2) is 54.5 Å². The van der Waals surface area contributed by atoms with E-state index in [0.29, 0.717) is 25.3 Å². The van der Waals surface area contributed by atoms with Crippen molar-refractivity contribution in [3.8, 4) is 0 Å². The molecule has 2 aliphatic heterocycles. The van der Waals surface area contributed by atoms with Gasteiger partial charge in [-0.3, -0.25) is 14.5 Å². The lowest BCUT2D eigenvalue weighted by Crippen LogP contribution is -2.46. The summed E-state index contributed by atoms with van der Waals surface area (Å²) in [6.07, 6.45) is 3.12. The molecule has 124 valence electrons. The van der Waals surface area contributed by atoms with E-state index in [4.69, 9.17) is 0 Å². The molecule has 0 aliphatic carbocycles. The zero-order valence-corrected chi connectivity index (χ0v) is 13.4. The van der Waals surface area contributed by atoms with E-state index < -0.39 is 11.6 Å². The first-order valence-electron chi connectivity index (χ1n) is 8.14. The molecule has 3 N–H and O–H groups in total. The minimum atomic E-state index is -0.840. The van der Waals surface area contributed by atoms with Crippen molar-refractivity contribution in [2.75, 3.05) is 26.2 Å². The second-order valence-corrected chi connectivity index (χ2v) is 6.11. The number of imide groups is 1. The van der Waals surface area contributed by atoms with E-state index in [2.05, 4.69) is 16.0 Å². The maximum Gasteiger partial charge on any atom is 0.325 e. The topological polar surface area (TPSA) is 90.5 Å². The van der Waals surface area contributed by atoms with E-state index in [1.54, 1.807) is 0 Å². The standard InChI is InChI=1S/C15H26N4O3/c1-3-15(4-2)13(21)19(14(22)18-15)10-12(20)17-8-6-11-5-7-16-9-11/h11,16H,3-10H2,1-2H3,(H,17,20)(H,18,22). The molecule has 1 atom stereocenters. The summed E-state index contributed by atoms with van der Waals surface area (Å²) in [5, 5.41) is 8.81. The van der Waals surface area contributed by atoms with Gasteiger partial charge in [-0.15, -0.1) is 0 Å². The first kappa shape index (κ1) is 16.7. The summed E-state index contributed by atoms with van der Waals surface area (Å²) in [5.41, 5.74) is -0.840. The number of carbonyl (C=O) groups excluding carboxylic acids is 3. The maximum atomic E-state index is 12.4. The van der Waals surface area contributed by atoms with Crippen LogP contribution in [0.1, 0.15) is 39.5 Å². The third-order valence-corrected chi connectivity index (χ3v) is 4.79. The molecule has 2 aliphatic rings. The first-order valence-corrected chi connectivity index (χ1v) is 8.14. The van der Waals surface area contributed by atoms with Gasteiger partial charge >= 0.3 is 6.03 Å². The Kier molecular flexibility index (Phi) is 5.39. The molecular formula is C15H26N4O3. The second kappa shape index (κ2) is 7.09. The third kappa shape index (κ3) is 3.40. The molecule has 2 rings (SSSR count). The van der Waals surface area contributed by atoms with Crippen LogP contribution in [0.5, 0.6) is 0 Å². The van der Waals surface area contributed by atoms with Gasteiger partial charge in [0.15, 0.2) is 0 Å². The molecule has 0 spiro atoms. The fraction of sp³-hybridized carbons (Fsp3) is 0.800. The number of rotatable bonds is 7. The Balaban J connectivity index is 1.80. The Morgan fingerprint density at radius 1 is 1.36 bits per heavy atom. The summed E-state index contributed by atoms with van der Waals surface area (Å²) >= 11 is 0. The largest absolute Gasteiger partial charge is 0.355 e. The van der Waals surface area contributed by atoms with Gasteiger partial charge in [0.05, 0.1) is 0 Å². The zero-order valence-electron chi connectivity index (χ0n) is 13.4. The van der Waals surface area contributed by atoms with Crippen molar-refractivity contribution in [3.63, 3.8) is 0 Å². The molecule has 2 fully saturated rings. The van der Waals surface area contributed by atoms with Crippen LogP contribution in [0.3, 0.4) is 0 Å². The van der Waals surface area contributed by atoms with Crippen LogP contribution in [0.4, 0.5) is 4.79 Å². The summed E-state index contributed by atoms with van der Waals surface area (Å²) in [4.78, 5) is 37.3. The lowest BCUT2D eigenvalue weighted by Gasteiger charge is -2.23. The first-order chi connectivity index (χ1) is 10.5. The smallest absolute Gasteiger partial charge is 0.325 e. The highest BCUT2D eigenvalue weighted by Gasteiger charge is 2.49. The second-order valence-electron chi connectivity index (χ2n) is 6.11. The lowest BCUT2D eigenvalue weighted by atomic mass is 9.93. The van der Waals surface area contributed by atoms with Crippen LogP contribution in [0.2, 0.25) is 0 Å². The average Bonchev–Trinajstić information content (AvgIpc) is 3.09. The number of nitrogens with zero attached hydrogens (tertiary/aromatic N) is 1. The number of hydrogen-bond acceptors (Lipinski definition) is 4. The van der Waals surface area contributed by atoms with E-state index >= 15 is 0 Å². The Morgan fingerprint density at radius 3 is 2.64 bits per heavy atom. The summed E-state index contributed by atoms with van der Waals surface area (Å²) in [7, 11) is 0. The predicted octanol–water partition coefficient (Wildman–Crippen LogP) is 0.213. The number of amides is 4. The molecule has 0 aromatic rings. The van der Waals surface area contributed by atoms with Crippen LogP contribution in [-0.2, 0) is 9.59 Å². The molecule has 4 amide bonds. The molecule has 0 radical (unpaired) electrons. The lowest BCUT2D eigenvalue weighted by molar-refractivity contribution is -0.135. The molecular weight excluding hydrogens is 284 g/mol. The minimum Gasteiger partial charge on any atom is -0.355 e. The normalized spacial score (nSPS) is 23.7. The highest BCUT2D eigenvalue weighted by Crippen LogP contribution is 2.24. The molecule has 0 saturated carbocycles. The van der Waals surface area contributed by atoms with Gasteiger partial charge in [-0.2, -0.15) is 0 Å². The van der Waals surface area contributed by atoms with E-state index in [1.165, 1.54) is 0 Å². The van der Waals surface area contributed by atoms with Crippen LogP contribution in [0.25, 0.3) is 0 Å². The van der Waals surface area contributed by atoms with Gasteiger partial charge in [-0.05, 0) is 44.7 Å². The summed E-state index contributed by atoms with van der Waals surface area (Å²) in [5.74, 6) is 0.0277. The van der Waals surface area contributed by atoms with Gasteiger partial charge < -0.3 is 16.0 Å². The zero-order chi connectivity index (χ0) is 16.2. The third-order valence-electron chi connectivity index (χ3n) is 4.79. The number of nitrogens with one attached hydrogen (secondary N) is 3. The number of hydrogen-bond donors (Lipinski definition) is 3. The molecule has 2 heterocycles. The molecule has 22 heavy (non-hydrogen) atoms. The summed E-state index contributed by atoms with van der Waals surface area (Å²) in [6, 6.07) is -0.469. The Morgan fingerprint density at radius 2 is 2.09 bits per heavy atom. The number of carbonyl (C=O) groups is 3. The van der Waals surface area contributed by atoms with Crippen molar-refractivity contribution in [3.05, 3.63) is 0 Å². The van der Waals surface area contributed by atoms with E-state index in [-0.39, 0.29) is 18.4 Å². The summed E-state index contributed by atoms with van der Waals surface area (Å²) < 4.78 is 0. The molecule has 2 saturated heterocycles. The monoisotopic (exact) mass is 310 g/mol. The fourth-order valence-electron chi connectivity index (χ4n) is 3.13. The van der Waals surface area contributed by atoms with E-state index in [9.17, 15) is 14.4 Å². The van der Waals surface area contributed by atoms with E-state index in [0.717, 1.165) is 30.8 Å². The Bertz CT molecular complexity index is 442. The van der Waals surface area contributed by atoms with Crippen LogP contribution >= 0.6 is 0 Å². The van der Waals surface area contributed by atoms with Crippen molar-refractivity contribution in [2.45, 2.75) is 45.1 Å². The van der Waals surface area contributed by atoms with Gasteiger partial charge in [0, 0.05) is 6.54 Å². The molecule has 7 nitrogen and oxygen atoms in total. The predicted molar refractivity (Wildman–Crippen MR) is 82.2 cm³/mol.